The Hall–Kier alpha value is -3.68. The summed E-state index contributed by atoms with van der Waals surface area (Å²) in [4.78, 5) is 17.1. The van der Waals surface area contributed by atoms with Gasteiger partial charge in [0.2, 0.25) is 5.91 Å². The Morgan fingerprint density at radius 2 is 1.76 bits per heavy atom. The fourth-order valence-corrected chi connectivity index (χ4v) is 4.95. The molecule has 4 aromatic rings. The van der Waals surface area contributed by atoms with E-state index in [1.807, 2.05) is 41.3 Å². The summed E-state index contributed by atoms with van der Waals surface area (Å²) < 4.78 is 27.5. The largest absolute Gasteiger partial charge is 0.492 e. The summed E-state index contributed by atoms with van der Waals surface area (Å²) in [6, 6.07) is 23.2. The maximum absolute atomic E-state index is 14.1. The van der Waals surface area contributed by atoms with E-state index < -0.39 is 0 Å². The molecule has 5 rings (SSSR count). The molecule has 3 aromatic carbocycles. The second-order valence-corrected chi connectivity index (χ2v) is 9.57. The lowest BCUT2D eigenvalue weighted by atomic mass is 10.1. The monoisotopic (exact) mass is 501 g/mol. The molecule has 6 nitrogen and oxygen atoms in total. The second-order valence-electron chi connectivity index (χ2n) is 9.57. The predicted molar refractivity (Wildman–Crippen MR) is 143 cm³/mol. The molecule has 37 heavy (non-hydrogen) atoms. The quantitative estimate of drug-likeness (QED) is 0.390. The highest BCUT2D eigenvalue weighted by Gasteiger charge is 2.18. The average molecular weight is 502 g/mol. The predicted octanol–water partition coefficient (Wildman–Crippen LogP) is 4.95. The Bertz CT molecular complexity index is 1400. The number of likely N-dealkylation sites (N-methyl/N-ethyl adjacent to an activating group) is 1. The van der Waals surface area contributed by atoms with Crippen LogP contribution in [0.1, 0.15) is 11.1 Å². The fraction of sp³-hybridized carbons (Fsp3) is 0.300. The van der Waals surface area contributed by atoms with Gasteiger partial charge in [-0.05, 0) is 54.6 Å². The molecule has 0 atom stereocenters. The number of carbonyl (C=O) groups excluding carboxylic acids is 1. The molecule has 0 fully saturated rings. The van der Waals surface area contributed by atoms with Gasteiger partial charge in [0.1, 0.15) is 24.8 Å². The summed E-state index contributed by atoms with van der Waals surface area (Å²) >= 11 is 0. The lowest BCUT2D eigenvalue weighted by molar-refractivity contribution is -0.135. The molecule has 0 N–H and O–H groups in total. The van der Waals surface area contributed by atoms with Crippen LogP contribution in [0, 0.1) is 5.82 Å². The molecule has 1 aliphatic heterocycles. The highest BCUT2D eigenvalue weighted by atomic mass is 19.1. The van der Waals surface area contributed by atoms with Crippen molar-refractivity contribution in [3.63, 3.8) is 0 Å². The van der Waals surface area contributed by atoms with Crippen LogP contribution in [0.3, 0.4) is 0 Å². The van der Waals surface area contributed by atoms with Crippen molar-refractivity contribution < 1.29 is 18.7 Å². The van der Waals surface area contributed by atoms with Gasteiger partial charge in [0.15, 0.2) is 0 Å². The summed E-state index contributed by atoms with van der Waals surface area (Å²) in [5.74, 6) is 0.447. The van der Waals surface area contributed by atoms with Gasteiger partial charge in [-0.2, -0.15) is 0 Å². The lowest BCUT2D eigenvalue weighted by Gasteiger charge is -2.24. The summed E-state index contributed by atoms with van der Waals surface area (Å²) in [7, 11) is 3.61. The molecule has 0 spiro atoms. The molecule has 0 aliphatic carbocycles. The topological polar surface area (TPSA) is 46.9 Å². The number of rotatable bonds is 2. The van der Waals surface area contributed by atoms with Gasteiger partial charge in [-0.25, -0.2) is 4.39 Å². The van der Waals surface area contributed by atoms with Gasteiger partial charge in [0, 0.05) is 62.0 Å². The van der Waals surface area contributed by atoms with E-state index in [0.29, 0.717) is 26.2 Å². The van der Waals surface area contributed by atoms with Gasteiger partial charge in [-0.3, -0.25) is 9.69 Å². The van der Waals surface area contributed by atoms with Crippen molar-refractivity contribution in [3.8, 4) is 17.0 Å². The van der Waals surface area contributed by atoms with Crippen LogP contribution in [0.15, 0.2) is 72.8 Å². The van der Waals surface area contributed by atoms with Crippen LogP contribution < -0.4 is 4.74 Å². The Labute approximate surface area is 216 Å². The molecule has 192 valence electrons. The number of amides is 1. The number of carbonyl (C=O) groups is 1. The minimum Gasteiger partial charge on any atom is -0.492 e. The molecule has 1 aliphatic rings. The molecular weight excluding hydrogens is 469 g/mol. The standard InChI is InChI=1S/C30H32FN3O3/c1-32-13-14-37-27-8-4-7-24(17-27)29-18-25-16-26(31)9-10-28(25)34(29)12-11-33(30(35)21-36-2)20-23-6-3-5-22(15-23)19-32/h3-10,15-18H,11-14,19-21H2,1-2H3. The van der Waals surface area contributed by atoms with Crippen LogP contribution in [0.2, 0.25) is 0 Å². The first-order valence-electron chi connectivity index (χ1n) is 12.6. The van der Waals surface area contributed by atoms with Crippen molar-refractivity contribution in [2.45, 2.75) is 19.6 Å². The highest BCUT2D eigenvalue weighted by molar-refractivity contribution is 5.87. The van der Waals surface area contributed by atoms with Crippen LogP contribution in [-0.4, -0.2) is 60.7 Å². The van der Waals surface area contributed by atoms with Crippen molar-refractivity contribution in [2.75, 3.05) is 40.5 Å². The number of halogens is 1. The maximum atomic E-state index is 14.1. The Balaban J connectivity index is 1.58. The minimum absolute atomic E-state index is 0.0201. The van der Waals surface area contributed by atoms with Gasteiger partial charge >= 0.3 is 0 Å². The number of hydrogen-bond donors (Lipinski definition) is 0. The summed E-state index contributed by atoms with van der Waals surface area (Å²) in [5, 5.41) is 0.819. The number of fused-ring (bicyclic) bond motifs is 8. The molecule has 7 heteroatoms. The lowest BCUT2D eigenvalue weighted by Crippen LogP contribution is -2.36. The van der Waals surface area contributed by atoms with Gasteiger partial charge in [0.25, 0.3) is 0 Å². The first-order valence-corrected chi connectivity index (χ1v) is 12.6. The van der Waals surface area contributed by atoms with Crippen LogP contribution in [0.5, 0.6) is 5.75 Å². The second kappa shape index (κ2) is 11.2. The summed E-state index contributed by atoms with van der Waals surface area (Å²) in [6.45, 7) is 3.66. The third kappa shape index (κ3) is 5.84. The maximum Gasteiger partial charge on any atom is 0.248 e. The fourth-order valence-electron chi connectivity index (χ4n) is 4.95. The first-order chi connectivity index (χ1) is 18.0. The first kappa shape index (κ1) is 25.0. The number of ether oxygens (including phenoxy) is 2. The van der Waals surface area contributed by atoms with E-state index in [9.17, 15) is 9.18 Å². The van der Waals surface area contributed by atoms with E-state index in [0.717, 1.165) is 46.6 Å². The van der Waals surface area contributed by atoms with E-state index in [1.54, 1.807) is 12.1 Å². The van der Waals surface area contributed by atoms with E-state index in [2.05, 4.69) is 34.7 Å². The van der Waals surface area contributed by atoms with E-state index in [-0.39, 0.29) is 18.3 Å². The summed E-state index contributed by atoms with van der Waals surface area (Å²) in [6.07, 6.45) is 0. The van der Waals surface area contributed by atoms with Gasteiger partial charge in [-0.1, -0.05) is 36.4 Å². The average Bonchev–Trinajstić information content (AvgIpc) is 3.24. The molecule has 0 unspecified atom stereocenters. The normalized spacial score (nSPS) is 15.2. The van der Waals surface area contributed by atoms with Crippen LogP contribution in [-0.2, 0) is 29.2 Å². The van der Waals surface area contributed by atoms with Gasteiger partial charge in [0.05, 0.1) is 0 Å². The number of hydrogen-bond acceptors (Lipinski definition) is 4. The number of benzene rings is 3. The van der Waals surface area contributed by atoms with E-state index in [4.69, 9.17) is 9.47 Å². The summed E-state index contributed by atoms with van der Waals surface area (Å²) in [5.41, 5.74) is 5.11. The van der Waals surface area contributed by atoms with Crippen molar-refractivity contribution >= 4 is 16.8 Å². The van der Waals surface area contributed by atoms with E-state index in [1.165, 1.54) is 18.7 Å². The third-order valence-corrected chi connectivity index (χ3v) is 6.77. The Morgan fingerprint density at radius 3 is 2.59 bits per heavy atom. The van der Waals surface area contributed by atoms with Gasteiger partial charge < -0.3 is 18.9 Å². The molecule has 4 bridgehead atoms. The Kier molecular flexibility index (Phi) is 7.53. The number of aromatic nitrogens is 1. The molecule has 0 saturated carbocycles. The van der Waals surface area contributed by atoms with Crippen LogP contribution in [0.25, 0.3) is 22.2 Å². The zero-order valence-electron chi connectivity index (χ0n) is 21.3. The van der Waals surface area contributed by atoms with Crippen molar-refractivity contribution in [3.05, 3.63) is 89.7 Å². The Morgan fingerprint density at radius 1 is 0.946 bits per heavy atom. The number of nitrogens with zero attached hydrogens (tertiary/aromatic N) is 3. The van der Waals surface area contributed by atoms with Crippen molar-refractivity contribution in [1.29, 1.82) is 0 Å². The van der Waals surface area contributed by atoms with Crippen LogP contribution in [0.4, 0.5) is 4.39 Å². The zero-order valence-corrected chi connectivity index (χ0v) is 21.3. The minimum atomic E-state index is -0.274. The zero-order chi connectivity index (χ0) is 25.8. The number of methoxy groups -OCH3 is 1. The van der Waals surface area contributed by atoms with Gasteiger partial charge in [-0.15, -0.1) is 0 Å². The van der Waals surface area contributed by atoms with E-state index >= 15 is 0 Å². The van der Waals surface area contributed by atoms with Crippen molar-refractivity contribution in [1.82, 2.24) is 14.4 Å². The van der Waals surface area contributed by atoms with Crippen LogP contribution >= 0.6 is 0 Å². The molecular formula is C30H32FN3O3. The smallest absolute Gasteiger partial charge is 0.248 e. The molecule has 1 amide bonds. The molecule has 0 radical (unpaired) electrons. The third-order valence-electron chi connectivity index (χ3n) is 6.77. The molecule has 1 aromatic heterocycles. The highest BCUT2D eigenvalue weighted by Crippen LogP contribution is 2.31. The van der Waals surface area contributed by atoms with Crippen molar-refractivity contribution in [2.24, 2.45) is 0 Å². The molecule has 2 heterocycles. The SMILES string of the molecule is COCC(=O)N1CCn2c(cc3cc(F)ccc32)-c2cccc(c2)OCCN(C)Cc2cccc(c2)C1. The molecule has 0 saturated heterocycles.